The predicted octanol–water partition coefficient (Wildman–Crippen LogP) is 5.42. The first-order valence-corrected chi connectivity index (χ1v) is 9.20. The number of hydrogen-bond donors (Lipinski definition) is 0. The van der Waals surface area contributed by atoms with E-state index in [1.54, 1.807) is 0 Å². The van der Waals surface area contributed by atoms with E-state index >= 15 is 0 Å². The molecule has 0 amide bonds. The molecule has 0 saturated heterocycles. The van der Waals surface area contributed by atoms with Gasteiger partial charge >= 0.3 is 0 Å². The average Bonchev–Trinajstić information content (AvgIpc) is 2.18. The molecule has 0 heterocycles. The van der Waals surface area contributed by atoms with Crippen LogP contribution in [0, 0.1) is 0 Å². The van der Waals surface area contributed by atoms with Gasteiger partial charge in [-0.1, -0.05) is 27.7 Å². The fourth-order valence-corrected chi connectivity index (χ4v) is 8.59. The minimum Gasteiger partial charge on any atom is -0.0619 e. The van der Waals surface area contributed by atoms with Crippen LogP contribution < -0.4 is 0 Å². The van der Waals surface area contributed by atoms with E-state index in [4.69, 9.17) is 0 Å². The van der Waals surface area contributed by atoms with Gasteiger partial charge in [0.1, 0.15) is 0 Å². The van der Waals surface area contributed by atoms with E-state index in [1.165, 1.54) is 44.2 Å². The second-order valence-electron chi connectivity index (χ2n) is 5.48. The largest absolute Gasteiger partial charge is 0.0741 e. The minimum absolute atomic E-state index is 0.620. The zero-order valence-corrected chi connectivity index (χ0v) is 12.8. The van der Waals surface area contributed by atoms with Crippen molar-refractivity contribution < 1.29 is 0 Å². The molecule has 0 bridgehead atoms. The summed E-state index contributed by atoms with van der Waals surface area (Å²) in [7, 11) is -0.699. The van der Waals surface area contributed by atoms with Crippen LogP contribution >= 0.6 is 7.26 Å². The molecular formula is C14H32P+. The highest BCUT2D eigenvalue weighted by Crippen LogP contribution is 2.70. The molecule has 0 unspecified atom stereocenters. The summed E-state index contributed by atoms with van der Waals surface area (Å²) in [6.07, 6.45) is 10.1. The first kappa shape index (κ1) is 15.4. The molecule has 15 heavy (non-hydrogen) atoms. The zero-order chi connectivity index (χ0) is 11.9. The summed E-state index contributed by atoms with van der Waals surface area (Å²) in [5, 5.41) is 0.620. The lowest BCUT2D eigenvalue weighted by molar-refractivity contribution is 0.648. The third-order valence-corrected chi connectivity index (χ3v) is 10.9. The van der Waals surface area contributed by atoms with Crippen molar-refractivity contribution in [3.05, 3.63) is 0 Å². The fourth-order valence-electron chi connectivity index (χ4n) is 2.86. The fraction of sp³-hybridized carbons (Fsp3) is 1.00. The molecule has 0 fully saturated rings. The minimum atomic E-state index is -0.699. The molecule has 0 nitrogen and oxygen atoms in total. The van der Waals surface area contributed by atoms with Crippen molar-refractivity contribution in [1.82, 2.24) is 0 Å². The van der Waals surface area contributed by atoms with Gasteiger partial charge in [0, 0.05) is 7.26 Å². The monoisotopic (exact) mass is 231 g/mol. The van der Waals surface area contributed by atoms with Gasteiger partial charge in [-0.25, -0.2) is 0 Å². The Morgan fingerprint density at radius 2 is 1.07 bits per heavy atom. The van der Waals surface area contributed by atoms with E-state index in [1.807, 2.05) is 0 Å². The second-order valence-corrected chi connectivity index (χ2v) is 10.3. The smallest absolute Gasteiger partial charge is 0.0619 e. The molecule has 0 aliphatic carbocycles. The summed E-state index contributed by atoms with van der Waals surface area (Å²) in [5.74, 6) is 0. The predicted molar refractivity (Wildman–Crippen MR) is 76.8 cm³/mol. The Bertz CT molecular complexity index is 144. The summed E-state index contributed by atoms with van der Waals surface area (Å²) in [4.78, 5) is 0. The van der Waals surface area contributed by atoms with Crippen molar-refractivity contribution >= 4 is 7.26 Å². The van der Waals surface area contributed by atoms with Crippen LogP contribution in [0.5, 0.6) is 0 Å². The SMILES string of the molecule is CCC[P+](CCC)(CCC)C(C)(C)CC. The Kier molecular flexibility index (Phi) is 7.09. The maximum Gasteiger partial charge on any atom is 0.0741 e. The van der Waals surface area contributed by atoms with E-state index < -0.39 is 7.26 Å². The van der Waals surface area contributed by atoms with E-state index in [0.717, 1.165) is 0 Å². The van der Waals surface area contributed by atoms with Gasteiger partial charge in [-0.05, 0) is 39.5 Å². The lowest BCUT2D eigenvalue weighted by atomic mass is 10.1. The molecule has 0 aliphatic rings. The first-order valence-electron chi connectivity index (χ1n) is 6.85. The molecule has 0 aromatic carbocycles. The Hall–Kier alpha value is 0.430. The van der Waals surface area contributed by atoms with Crippen LogP contribution in [0.1, 0.15) is 67.2 Å². The van der Waals surface area contributed by atoms with Gasteiger partial charge in [-0.3, -0.25) is 0 Å². The molecular weight excluding hydrogens is 199 g/mol. The molecule has 0 rings (SSSR count). The summed E-state index contributed by atoms with van der Waals surface area (Å²) in [6, 6.07) is 0. The van der Waals surface area contributed by atoms with Gasteiger partial charge in [0.2, 0.25) is 0 Å². The molecule has 0 aromatic heterocycles. The summed E-state index contributed by atoms with van der Waals surface area (Å²) in [5.41, 5.74) is 0. The van der Waals surface area contributed by atoms with Gasteiger partial charge in [0.05, 0.1) is 23.6 Å². The molecule has 0 spiro atoms. The van der Waals surface area contributed by atoms with Crippen LogP contribution in [0.2, 0.25) is 0 Å². The van der Waals surface area contributed by atoms with Crippen molar-refractivity contribution in [2.24, 2.45) is 0 Å². The van der Waals surface area contributed by atoms with E-state index in [9.17, 15) is 0 Å². The quantitative estimate of drug-likeness (QED) is 0.489. The van der Waals surface area contributed by atoms with Crippen LogP contribution in [0.15, 0.2) is 0 Å². The Balaban J connectivity index is 4.90. The van der Waals surface area contributed by atoms with E-state index in [0.29, 0.717) is 5.16 Å². The second kappa shape index (κ2) is 6.89. The molecule has 0 N–H and O–H groups in total. The lowest BCUT2D eigenvalue weighted by Crippen LogP contribution is -2.29. The molecule has 92 valence electrons. The maximum absolute atomic E-state index is 2.53. The number of hydrogen-bond acceptors (Lipinski definition) is 0. The third-order valence-electron chi connectivity index (χ3n) is 4.10. The Morgan fingerprint density at radius 3 is 1.27 bits per heavy atom. The first-order chi connectivity index (χ1) is 6.99. The summed E-state index contributed by atoms with van der Waals surface area (Å²) >= 11 is 0. The number of rotatable bonds is 8. The Morgan fingerprint density at radius 1 is 0.733 bits per heavy atom. The van der Waals surface area contributed by atoms with Crippen LogP contribution in [-0.4, -0.2) is 23.6 Å². The summed E-state index contributed by atoms with van der Waals surface area (Å²) < 4.78 is 0. The molecule has 0 radical (unpaired) electrons. The Labute approximate surface area is 98.6 Å². The standard InChI is InChI=1S/C14H32P/c1-7-11-15(12-8-2,13-9-3)14(5,6)10-4/h7-13H2,1-6H3/q+1. The van der Waals surface area contributed by atoms with Crippen molar-refractivity contribution in [3.8, 4) is 0 Å². The maximum atomic E-state index is 2.53. The van der Waals surface area contributed by atoms with Crippen molar-refractivity contribution in [2.75, 3.05) is 18.5 Å². The molecule has 0 atom stereocenters. The van der Waals surface area contributed by atoms with Gasteiger partial charge in [-0.15, -0.1) is 0 Å². The zero-order valence-electron chi connectivity index (χ0n) is 11.9. The van der Waals surface area contributed by atoms with Crippen LogP contribution in [0.4, 0.5) is 0 Å². The molecule has 0 aromatic rings. The van der Waals surface area contributed by atoms with Gasteiger partial charge in [-0.2, -0.15) is 0 Å². The average molecular weight is 231 g/mol. The molecule has 0 aliphatic heterocycles. The topological polar surface area (TPSA) is 0 Å². The van der Waals surface area contributed by atoms with Crippen molar-refractivity contribution in [1.29, 1.82) is 0 Å². The van der Waals surface area contributed by atoms with Crippen molar-refractivity contribution in [3.63, 3.8) is 0 Å². The van der Waals surface area contributed by atoms with Crippen LogP contribution in [0.25, 0.3) is 0 Å². The van der Waals surface area contributed by atoms with Crippen molar-refractivity contribution in [2.45, 2.75) is 72.4 Å². The van der Waals surface area contributed by atoms with E-state index in [2.05, 4.69) is 41.5 Å². The van der Waals surface area contributed by atoms with Gasteiger partial charge < -0.3 is 0 Å². The highest BCUT2D eigenvalue weighted by atomic mass is 31.2. The molecule has 1 heteroatoms. The normalized spacial score (nSPS) is 13.2. The van der Waals surface area contributed by atoms with Gasteiger partial charge in [0.25, 0.3) is 0 Å². The lowest BCUT2D eigenvalue weighted by Gasteiger charge is -2.40. The highest BCUT2D eigenvalue weighted by Gasteiger charge is 2.48. The highest BCUT2D eigenvalue weighted by molar-refractivity contribution is 7.77. The van der Waals surface area contributed by atoms with Crippen LogP contribution in [-0.2, 0) is 0 Å². The van der Waals surface area contributed by atoms with Crippen LogP contribution in [0.3, 0.4) is 0 Å². The summed E-state index contributed by atoms with van der Waals surface area (Å²) in [6.45, 7) is 14.5. The van der Waals surface area contributed by atoms with Gasteiger partial charge in [0.15, 0.2) is 0 Å². The third kappa shape index (κ3) is 3.74. The van der Waals surface area contributed by atoms with E-state index in [-0.39, 0.29) is 0 Å². The molecule has 0 saturated carbocycles.